The number of esters is 2. The van der Waals surface area contributed by atoms with E-state index < -0.39 is 12.1 Å². The fourth-order valence-corrected chi connectivity index (χ4v) is 5.63. The number of allylic oxidation sites excluding steroid dienone is 8. The molecule has 1 N–H and O–H groups in total. The normalized spacial score (nSPS) is 12.6. The zero-order chi connectivity index (χ0) is 35.0. The Labute approximate surface area is 297 Å². The lowest BCUT2D eigenvalue weighted by molar-refractivity contribution is -0.161. The molecule has 0 aliphatic carbocycles. The van der Waals surface area contributed by atoms with E-state index in [1.165, 1.54) is 116 Å². The lowest BCUT2D eigenvalue weighted by atomic mass is 10.0. The van der Waals surface area contributed by atoms with Crippen LogP contribution in [0.3, 0.4) is 0 Å². The fourth-order valence-electron chi connectivity index (χ4n) is 5.63. The van der Waals surface area contributed by atoms with E-state index in [1.807, 2.05) is 12.2 Å². The maximum atomic E-state index is 12.1. The largest absolute Gasteiger partial charge is 0.462 e. The third-order valence-corrected chi connectivity index (χ3v) is 8.65. The van der Waals surface area contributed by atoms with Crippen LogP contribution in [-0.4, -0.2) is 36.4 Å². The molecule has 0 amide bonds. The van der Waals surface area contributed by atoms with Crippen molar-refractivity contribution >= 4 is 11.9 Å². The van der Waals surface area contributed by atoms with Crippen LogP contribution in [0.15, 0.2) is 48.6 Å². The summed E-state index contributed by atoms with van der Waals surface area (Å²) in [5, 5.41) is 9.53. The minimum absolute atomic E-state index is 0.0930. The lowest BCUT2D eigenvalue weighted by Crippen LogP contribution is -2.28. The van der Waals surface area contributed by atoms with Crippen LogP contribution >= 0.6 is 0 Å². The van der Waals surface area contributed by atoms with Crippen molar-refractivity contribution in [1.82, 2.24) is 0 Å². The molecule has 278 valence electrons. The van der Waals surface area contributed by atoms with Crippen LogP contribution in [0.25, 0.3) is 0 Å². The van der Waals surface area contributed by atoms with Crippen molar-refractivity contribution in [2.75, 3.05) is 13.2 Å². The number of carbonyl (C=O) groups excluding carboxylic acids is 2. The summed E-state index contributed by atoms with van der Waals surface area (Å²) in [6.07, 6.45) is 49.1. The molecular weight excluding hydrogens is 596 g/mol. The molecule has 0 aliphatic heterocycles. The highest BCUT2D eigenvalue weighted by atomic mass is 16.6. The maximum absolute atomic E-state index is 12.1. The molecule has 1 unspecified atom stereocenters. The monoisotopic (exact) mass is 673 g/mol. The maximum Gasteiger partial charge on any atom is 0.306 e. The van der Waals surface area contributed by atoms with Gasteiger partial charge in [-0.3, -0.25) is 9.59 Å². The van der Waals surface area contributed by atoms with Gasteiger partial charge in [0.05, 0.1) is 6.61 Å². The van der Waals surface area contributed by atoms with Crippen molar-refractivity contribution in [3.63, 3.8) is 0 Å². The van der Waals surface area contributed by atoms with Gasteiger partial charge >= 0.3 is 11.9 Å². The average molecular weight is 673 g/mol. The Morgan fingerprint density at radius 3 is 1.31 bits per heavy atom. The van der Waals surface area contributed by atoms with Crippen LogP contribution < -0.4 is 0 Å². The Balaban J connectivity index is 3.56. The summed E-state index contributed by atoms with van der Waals surface area (Å²) < 4.78 is 10.5. The van der Waals surface area contributed by atoms with Gasteiger partial charge in [-0.15, -0.1) is 0 Å². The van der Waals surface area contributed by atoms with Gasteiger partial charge in [0.25, 0.3) is 0 Å². The van der Waals surface area contributed by atoms with Gasteiger partial charge < -0.3 is 14.6 Å². The summed E-state index contributed by atoms with van der Waals surface area (Å²) >= 11 is 0. The van der Waals surface area contributed by atoms with Crippen molar-refractivity contribution in [3.05, 3.63) is 48.6 Å². The number of carbonyl (C=O) groups is 2. The van der Waals surface area contributed by atoms with Crippen molar-refractivity contribution in [3.8, 4) is 0 Å². The SMILES string of the molecule is CC/C=C\C/C=C\C/C=C\C/C=C\CCC(=O)OC(CO)COC(=O)CCCCCCCCCCCCCCCCCCCCCCC. The standard InChI is InChI=1S/C43H76O5/c1-3-5-7-9-11-13-15-17-18-19-20-21-22-23-24-26-27-29-31-33-35-37-42(45)47-40-41(39-44)48-43(46)38-36-34-32-30-28-25-16-14-12-10-8-6-4-2/h6,8,12,14,25,28,32,34,41,44H,3-5,7,9-11,13,15-24,26-27,29-31,33,35-40H2,1-2H3/b8-6-,14-12-,28-25-,34-32-. The Hall–Kier alpha value is -2.14. The molecule has 48 heavy (non-hydrogen) atoms. The second-order valence-electron chi connectivity index (χ2n) is 13.3. The highest BCUT2D eigenvalue weighted by Gasteiger charge is 2.15. The second-order valence-corrected chi connectivity index (χ2v) is 13.3. The highest BCUT2D eigenvalue weighted by Crippen LogP contribution is 2.15. The van der Waals surface area contributed by atoms with Crippen LogP contribution in [0.2, 0.25) is 0 Å². The van der Waals surface area contributed by atoms with Crippen LogP contribution in [0.1, 0.15) is 194 Å². The highest BCUT2D eigenvalue weighted by molar-refractivity contribution is 5.70. The molecule has 0 radical (unpaired) electrons. The van der Waals surface area contributed by atoms with Gasteiger partial charge in [0.15, 0.2) is 6.10 Å². The summed E-state index contributed by atoms with van der Waals surface area (Å²) in [6.45, 7) is 3.97. The van der Waals surface area contributed by atoms with Gasteiger partial charge in [0.2, 0.25) is 0 Å². The van der Waals surface area contributed by atoms with E-state index in [1.54, 1.807) is 0 Å². The average Bonchev–Trinajstić information content (AvgIpc) is 3.09. The molecule has 0 rings (SSSR count). The molecule has 0 aromatic carbocycles. The number of unbranched alkanes of at least 4 members (excludes halogenated alkanes) is 20. The van der Waals surface area contributed by atoms with Gasteiger partial charge in [-0.2, -0.15) is 0 Å². The summed E-state index contributed by atoms with van der Waals surface area (Å²) in [5.74, 6) is -0.681. The third kappa shape index (κ3) is 36.7. The van der Waals surface area contributed by atoms with Gasteiger partial charge in [-0.25, -0.2) is 0 Å². The molecule has 5 nitrogen and oxygen atoms in total. The number of hydrogen-bond acceptors (Lipinski definition) is 5. The van der Waals surface area contributed by atoms with Crippen molar-refractivity contribution < 1.29 is 24.2 Å². The number of ether oxygens (including phenoxy) is 2. The van der Waals surface area contributed by atoms with Crippen molar-refractivity contribution in [1.29, 1.82) is 0 Å². The van der Waals surface area contributed by atoms with E-state index in [-0.39, 0.29) is 25.6 Å². The van der Waals surface area contributed by atoms with E-state index in [4.69, 9.17) is 9.47 Å². The van der Waals surface area contributed by atoms with Gasteiger partial charge in [0, 0.05) is 12.8 Å². The minimum atomic E-state index is -0.807. The zero-order valence-corrected chi connectivity index (χ0v) is 31.5. The first kappa shape index (κ1) is 45.9. The molecule has 0 aliphatic rings. The van der Waals surface area contributed by atoms with E-state index in [0.29, 0.717) is 12.8 Å². The van der Waals surface area contributed by atoms with E-state index in [2.05, 4.69) is 50.3 Å². The smallest absolute Gasteiger partial charge is 0.306 e. The van der Waals surface area contributed by atoms with Gasteiger partial charge in [-0.1, -0.05) is 191 Å². The lowest BCUT2D eigenvalue weighted by Gasteiger charge is -2.15. The summed E-state index contributed by atoms with van der Waals surface area (Å²) in [5.41, 5.74) is 0. The van der Waals surface area contributed by atoms with Gasteiger partial charge in [0.1, 0.15) is 6.61 Å². The first-order valence-electron chi connectivity index (χ1n) is 20.2. The fraction of sp³-hybridized carbons (Fsp3) is 0.767. The predicted octanol–water partition coefficient (Wildman–Crippen LogP) is 12.6. The Morgan fingerprint density at radius 1 is 0.500 bits per heavy atom. The molecular formula is C43H76O5. The van der Waals surface area contributed by atoms with E-state index in [9.17, 15) is 14.7 Å². The quantitative estimate of drug-likeness (QED) is 0.0407. The van der Waals surface area contributed by atoms with Crippen LogP contribution in [0.5, 0.6) is 0 Å². The van der Waals surface area contributed by atoms with Crippen molar-refractivity contribution in [2.24, 2.45) is 0 Å². The first-order valence-corrected chi connectivity index (χ1v) is 20.2. The van der Waals surface area contributed by atoms with Gasteiger partial charge in [-0.05, 0) is 38.5 Å². The number of aliphatic hydroxyl groups is 1. The molecule has 1 atom stereocenters. The summed E-state index contributed by atoms with van der Waals surface area (Å²) in [7, 11) is 0. The summed E-state index contributed by atoms with van der Waals surface area (Å²) in [4.78, 5) is 24.2. The minimum Gasteiger partial charge on any atom is -0.462 e. The number of aliphatic hydroxyl groups excluding tert-OH is 1. The Bertz CT molecular complexity index is 812. The predicted molar refractivity (Wildman–Crippen MR) is 205 cm³/mol. The first-order chi connectivity index (χ1) is 23.6. The topological polar surface area (TPSA) is 72.8 Å². The molecule has 0 fully saturated rings. The molecule has 5 heteroatoms. The zero-order valence-electron chi connectivity index (χ0n) is 31.5. The van der Waals surface area contributed by atoms with Crippen LogP contribution in [-0.2, 0) is 19.1 Å². The van der Waals surface area contributed by atoms with E-state index in [0.717, 1.165) is 44.9 Å². The molecule has 0 saturated carbocycles. The number of rotatable bonds is 36. The van der Waals surface area contributed by atoms with Crippen LogP contribution in [0.4, 0.5) is 0 Å². The molecule has 0 saturated heterocycles. The Morgan fingerprint density at radius 2 is 0.896 bits per heavy atom. The number of hydrogen-bond donors (Lipinski definition) is 1. The van der Waals surface area contributed by atoms with Crippen molar-refractivity contribution in [2.45, 2.75) is 200 Å². The molecule has 0 bridgehead atoms. The summed E-state index contributed by atoms with van der Waals surface area (Å²) in [6, 6.07) is 0. The second kappa shape index (κ2) is 39.3. The molecule has 0 aromatic rings. The third-order valence-electron chi connectivity index (χ3n) is 8.65. The Kier molecular flexibility index (Phi) is 37.5. The molecule has 0 aromatic heterocycles. The molecule has 0 spiro atoms. The molecule has 0 heterocycles. The van der Waals surface area contributed by atoms with E-state index >= 15 is 0 Å². The van der Waals surface area contributed by atoms with Crippen LogP contribution in [0, 0.1) is 0 Å².